The molecule has 2 aliphatic heterocycles. The fourth-order valence-corrected chi connectivity index (χ4v) is 2.27. The number of likely N-dealkylation sites (N-methyl/N-ethyl adjacent to an activating group) is 1. The minimum atomic E-state index is 0.920. The van der Waals surface area contributed by atoms with Crippen LogP contribution in [0.1, 0.15) is 6.42 Å². The van der Waals surface area contributed by atoms with Crippen LogP contribution in [-0.2, 0) is 0 Å². The van der Waals surface area contributed by atoms with Crippen molar-refractivity contribution in [3.63, 3.8) is 0 Å². The van der Waals surface area contributed by atoms with Gasteiger partial charge in [-0.2, -0.15) is 0 Å². The fraction of sp³-hybridized carbons (Fsp3) is 1.00. The Hall–Kier alpha value is -0.120. The van der Waals surface area contributed by atoms with E-state index < -0.39 is 0 Å². The lowest BCUT2D eigenvalue weighted by atomic mass is 10.1. The minimum absolute atomic E-state index is 0.920. The van der Waals surface area contributed by atoms with Gasteiger partial charge >= 0.3 is 0 Å². The highest BCUT2D eigenvalue weighted by molar-refractivity contribution is 4.77. The third-order valence-electron chi connectivity index (χ3n) is 3.27. The van der Waals surface area contributed by atoms with Crippen molar-refractivity contribution in [2.75, 3.05) is 52.9 Å². The Kier molecular flexibility index (Phi) is 3.19. The number of nitrogens with one attached hydrogen (secondary N) is 1. The summed E-state index contributed by atoms with van der Waals surface area (Å²) in [4.78, 5) is 5.04. The summed E-state index contributed by atoms with van der Waals surface area (Å²) in [5.41, 5.74) is 0. The molecule has 0 radical (unpaired) electrons. The van der Waals surface area contributed by atoms with E-state index in [4.69, 9.17) is 0 Å². The van der Waals surface area contributed by atoms with Gasteiger partial charge in [-0.15, -0.1) is 0 Å². The van der Waals surface area contributed by atoms with Crippen molar-refractivity contribution in [1.29, 1.82) is 0 Å². The third kappa shape index (κ3) is 2.66. The topological polar surface area (TPSA) is 18.5 Å². The first-order chi connectivity index (χ1) is 6.34. The summed E-state index contributed by atoms with van der Waals surface area (Å²) in [5.74, 6) is 0.920. The highest BCUT2D eigenvalue weighted by atomic mass is 15.2. The number of hydrogen-bond acceptors (Lipinski definition) is 3. The summed E-state index contributed by atoms with van der Waals surface area (Å²) in [6.07, 6.45) is 1.38. The van der Waals surface area contributed by atoms with Crippen molar-refractivity contribution >= 4 is 0 Å². The van der Waals surface area contributed by atoms with Crippen LogP contribution in [-0.4, -0.2) is 62.7 Å². The van der Waals surface area contributed by atoms with Crippen molar-refractivity contribution < 1.29 is 0 Å². The quantitative estimate of drug-likeness (QED) is 0.642. The molecule has 0 saturated carbocycles. The predicted octanol–water partition coefficient (Wildman–Crippen LogP) is -0.157. The summed E-state index contributed by atoms with van der Waals surface area (Å²) in [7, 11) is 2.22. The van der Waals surface area contributed by atoms with Crippen LogP contribution in [0.25, 0.3) is 0 Å². The van der Waals surface area contributed by atoms with E-state index in [1.807, 2.05) is 0 Å². The van der Waals surface area contributed by atoms with Gasteiger partial charge < -0.3 is 15.1 Å². The number of rotatable bonds is 2. The normalized spacial score (nSPS) is 32.5. The Morgan fingerprint density at radius 1 is 1.23 bits per heavy atom. The minimum Gasteiger partial charge on any atom is -0.316 e. The molecule has 1 N–H and O–H groups in total. The van der Waals surface area contributed by atoms with Gasteiger partial charge in [0.1, 0.15) is 0 Å². The number of hydrogen-bond donors (Lipinski definition) is 1. The molecule has 13 heavy (non-hydrogen) atoms. The molecule has 76 valence electrons. The smallest absolute Gasteiger partial charge is 0.0110 e. The molecular formula is C10H21N3. The second kappa shape index (κ2) is 4.40. The molecule has 0 aromatic rings. The molecule has 0 unspecified atom stereocenters. The van der Waals surface area contributed by atoms with Gasteiger partial charge in [-0.3, -0.25) is 0 Å². The van der Waals surface area contributed by atoms with Crippen LogP contribution < -0.4 is 5.32 Å². The van der Waals surface area contributed by atoms with Crippen LogP contribution in [0.3, 0.4) is 0 Å². The Morgan fingerprint density at radius 3 is 2.62 bits per heavy atom. The van der Waals surface area contributed by atoms with Gasteiger partial charge in [0.15, 0.2) is 0 Å². The van der Waals surface area contributed by atoms with Crippen molar-refractivity contribution in [3.8, 4) is 0 Å². The fourth-order valence-electron chi connectivity index (χ4n) is 2.27. The van der Waals surface area contributed by atoms with Gasteiger partial charge in [-0.1, -0.05) is 0 Å². The van der Waals surface area contributed by atoms with Crippen LogP contribution in [0, 0.1) is 5.92 Å². The SMILES string of the molecule is CN1CCN(C[C@H]2CCNC2)CC1. The summed E-state index contributed by atoms with van der Waals surface area (Å²) >= 11 is 0. The molecular weight excluding hydrogens is 162 g/mol. The molecule has 0 spiro atoms. The van der Waals surface area contributed by atoms with Crippen LogP contribution in [0.4, 0.5) is 0 Å². The molecule has 0 bridgehead atoms. The average molecular weight is 183 g/mol. The van der Waals surface area contributed by atoms with E-state index in [9.17, 15) is 0 Å². The first-order valence-corrected chi connectivity index (χ1v) is 5.46. The van der Waals surface area contributed by atoms with E-state index in [0.717, 1.165) is 5.92 Å². The molecule has 2 saturated heterocycles. The maximum Gasteiger partial charge on any atom is 0.0110 e. The molecule has 2 rings (SSSR count). The largest absolute Gasteiger partial charge is 0.316 e. The highest BCUT2D eigenvalue weighted by Gasteiger charge is 2.20. The predicted molar refractivity (Wildman–Crippen MR) is 54.9 cm³/mol. The summed E-state index contributed by atoms with van der Waals surface area (Å²) in [6, 6.07) is 0. The third-order valence-corrected chi connectivity index (χ3v) is 3.27. The summed E-state index contributed by atoms with van der Waals surface area (Å²) in [5, 5.41) is 3.43. The van der Waals surface area contributed by atoms with Gasteiger partial charge in [-0.25, -0.2) is 0 Å². The molecule has 2 aliphatic rings. The van der Waals surface area contributed by atoms with Crippen LogP contribution in [0.5, 0.6) is 0 Å². The first-order valence-electron chi connectivity index (χ1n) is 5.46. The van der Waals surface area contributed by atoms with Gasteiger partial charge in [-0.05, 0) is 32.5 Å². The lowest BCUT2D eigenvalue weighted by Crippen LogP contribution is -2.46. The van der Waals surface area contributed by atoms with Crippen LogP contribution in [0.15, 0.2) is 0 Å². The van der Waals surface area contributed by atoms with Gasteiger partial charge in [0, 0.05) is 32.7 Å². The van der Waals surface area contributed by atoms with Crippen molar-refractivity contribution in [3.05, 3.63) is 0 Å². The number of nitrogens with zero attached hydrogens (tertiary/aromatic N) is 2. The molecule has 0 aliphatic carbocycles. The van der Waals surface area contributed by atoms with Crippen LogP contribution in [0.2, 0.25) is 0 Å². The van der Waals surface area contributed by atoms with Crippen molar-refractivity contribution in [1.82, 2.24) is 15.1 Å². The monoisotopic (exact) mass is 183 g/mol. The van der Waals surface area contributed by atoms with Gasteiger partial charge in [0.25, 0.3) is 0 Å². The molecule has 1 atom stereocenters. The molecule has 2 fully saturated rings. The molecule has 3 nitrogen and oxygen atoms in total. The molecule has 2 heterocycles. The summed E-state index contributed by atoms with van der Waals surface area (Å²) < 4.78 is 0. The van der Waals surface area contributed by atoms with Crippen molar-refractivity contribution in [2.24, 2.45) is 5.92 Å². The Balaban J connectivity index is 1.69. The van der Waals surface area contributed by atoms with E-state index in [2.05, 4.69) is 22.2 Å². The second-order valence-electron chi connectivity index (χ2n) is 4.46. The Morgan fingerprint density at radius 2 is 2.00 bits per heavy atom. The lowest BCUT2D eigenvalue weighted by molar-refractivity contribution is 0.139. The Labute approximate surface area is 81.1 Å². The van der Waals surface area contributed by atoms with E-state index in [1.54, 1.807) is 0 Å². The zero-order valence-corrected chi connectivity index (χ0v) is 8.63. The highest BCUT2D eigenvalue weighted by Crippen LogP contribution is 2.10. The number of piperazine rings is 1. The zero-order chi connectivity index (χ0) is 9.10. The van der Waals surface area contributed by atoms with Crippen molar-refractivity contribution in [2.45, 2.75) is 6.42 Å². The van der Waals surface area contributed by atoms with Gasteiger partial charge in [0.2, 0.25) is 0 Å². The van der Waals surface area contributed by atoms with E-state index in [-0.39, 0.29) is 0 Å². The molecule has 0 aromatic carbocycles. The van der Waals surface area contributed by atoms with E-state index in [1.165, 1.54) is 52.2 Å². The van der Waals surface area contributed by atoms with Gasteiger partial charge in [0.05, 0.1) is 0 Å². The maximum atomic E-state index is 3.43. The van der Waals surface area contributed by atoms with Crippen LogP contribution >= 0.6 is 0 Å². The second-order valence-corrected chi connectivity index (χ2v) is 4.46. The maximum absolute atomic E-state index is 3.43. The lowest BCUT2D eigenvalue weighted by Gasteiger charge is -2.33. The zero-order valence-electron chi connectivity index (χ0n) is 8.63. The first kappa shape index (κ1) is 9.44. The summed E-state index contributed by atoms with van der Waals surface area (Å²) in [6.45, 7) is 8.84. The standard InChI is InChI=1S/C10H21N3/c1-12-4-6-13(7-5-12)9-10-2-3-11-8-10/h10-11H,2-9H2,1H3/t10-/m0/s1. The average Bonchev–Trinajstić information content (AvgIpc) is 2.62. The van der Waals surface area contributed by atoms with E-state index in [0.29, 0.717) is 0 Å². The molecule has 3 heteroatoms. The molecule has 0 amide bonds. The molecule has 0 aromatic heterocycles. The van der Waals surface area contributed by atoms with E-state index >= 15 is 0 Å². The Bertz CT molecular complexity index is 146.